The van der Waals surface area contributed by atoms with Crippen LogP contribution in [-0.4, -0.2) is 18.7 Å². The van der Waals surface area contributed by atoms with Gasteiger partial charge in [0.2, 0.25) is 0 Å². The Morgan fingerprint density at radius 3 is 2.60 bits per heavy atom. The van der Waals surface area contributed by atoms with Gasteiger partial charge in [-0.15, -0.1) is 0 Å². The van der Waals surface area contributed by atoms with Crippen molar-refractivity contribution in [1.29, 1.82) is 5.26 Å². The van der Waals surface area contributed by atoms with Crippen LogP contribution in [-0.2, 0) is 16.0 Å². The number of esters is 1. The summed E-state index contributed by atoms with van der Waals surface area (Å²) in [5.41, 5.74) is 1.10. The third-order valence-corrected chi connectivity index (χ3v) is 2.70. The minimum absolute atomic E-state index is 0.231. The van der Waals surface area contributed by atoms with E-state index in [1.165, 1.54) is 7.11 Å². The van der Waals surface area contributed by atoms with Crippen molar-refractivity contribution in [1.82, 2.24) is 0 Å². The van der Waals surface area contributed by atoms with Crippen molar-refractivity contribution in [3.8, 4) is 11.8 Å². The lowest BCUT2D eigenvalue weighted by Crippen LogP contribution is -2.23. The van der Waals surface area contributed by atoms with Crippen molar-refractivity contribution < 1.29 is 14.3 Å². The molecule has 108 valence electrons. The molecular weight excluding hydrogens is 254 g/mol. The van der Waals surface area contributed by atoms with E-state index in [-0.39, 0.29) is 11.6 Å². The molecule has 0 bridgehead atoms. The summed E-state index contributed by atoms with van der Waals surface area (Å²) in [6.07, 6.45) is 1.66. The van der Waals surface area contributed by atoms with Crippen LogP contribution in [0.25, 0.3) is 0 Å². The van der Waals surface area contributed by atoms with Crippen LogP contribution in [0.1, 0.15) is 44.7 Å². The van der Waals surface area contributed by atoms with Crippen molar-refractivity contribution >= 4 is 5.97 Å². The third kappa shape index (κ3) is 4.93. The predicted octanol–water partition coefficient (Wildman–Crippen LogP) is 3.23. The lowest BCUT2D eigenvalue weighted by Gasteiger charge is -2.22. The maximum Gasteiger partial charge on any atom is 0.305 e. The van der Waals surface area contributed by atoms with Gasteiger partial charge < -0.3 is 9.47 Å². The summed E-state index contributed by atoms with van der Waals surface area (Å²) < 4.78 is 10.4. The molecule has 1 aromatic carbocycles. The number of hydrogen-bond donors (Lipinski definition) is 0. The average Bonchev–Trinajstić information content (AvgIpc) is 2.37. The first-order valence-corrected chi connectivity index (χ1v) is 6.65. The van der Waals surface area contributed by atoms with E-state index in [0.29, 0.717) is 30.6 Å². The SMILES string of the molecule is COC(=O)CCCc1cccc(OC(C)(C)C)c1C#N. The zero-order valence-corrected chi connectivity index (χ0v) is 12.5. The summed E-state index contributed by atoms with van der Waals surface area (Å²) in [6.45, 7) is 5.83. The topological polar surface area (TPSA) is 59.3 Å². The van der Waals surface area contributed by atoms with Crippen LogP contribution in [0, 0.1) is 11.3 Å². The fraction of sp³-hybridized carbons (Fsp3) is 0.500. The Morgan fingerprint density at radius 1 is 1.35 bits per heavy atom. The number of nitrogens with zero attached hydrogens (tertiary/aromatic N) is 1. The Morgan fingerprint density at radius 2 is 2.05 bits per heavy atom. The van der Waals surface area contributed by atoms with E-state index in [2.05, 4.69) is 10.8 Å². The first kappa shape index (κ1) is 16.0. The normalized spacial score (nSPS) is 10.8. The molecule has 0 aliphatic heterocycles. The zero-order chi connectivity index (χ0) is 15.2. The highest BCUT2D eigenvalue weighted by Gasteiger charge is 2.16. The second-order valence-electron chi connectivity index (χ2n) is 5.55. The van der Waals surface area contributed by atoms with E-state index in [0.717, 1.165) is 5.56 Å². The summed E-state index contributed by atoms with van der Waals surface area (Å²) in [5, 5.41) is 9.33. The molecule has 0 saturated carbocycles. The number of ether oxygens (including phenoxy) is 2. The Kier molecular flexibility index (Phi) is 5.57. The van der Waals surface area contributed by atoms with E-state index in [1.807, 2.05) is 32.9 Å². The zero-order valence-electron chi connectivity index (χ0n) is 12.5. The largest absolute Gasteiger partial charge is 0.487 e. The second kappa shape index (κ2) is 6.95. The standard InChI is InChI=1S/C16H21NO3/c1-16(2,3)20-14-9-5-7-12(13(14)11-17)8-6-10-15(18)19-4/h5,7,9H,6,8,10H2,1-4H3. The fourth-order valence-corrected chi connectivity index (χ4v) is 1.85. The lowest BCUT2D eigenvalue weighted by molar-refractivity contribution is -0.140. The molecule has 0 aliphatic rings. The summed E-state index contributed by atoms with van der Waals surface area (Å²) in [5.74, 6) is 0.362. The smallest absolute Gasteiger partial charge is 0.305 e. The Hall–Kier alpha value is -2.02. The molecule has 0 radical (unpaired) electrons. The van der Waals surface area contributed by atoms with Gasteiger partial charge >= 0.3 is 5.97 Å². The van der Waals surface area contributed by atoms with Gasteiger partial charge in [0.1, 0.15) is 17.4 Å². The molecule has 20 heavy (non-hydrogen) atoms. The van der Waals surface area contributed by atoms with Gasteiger partial charge in [-0.25, -0.2) is 0 Å². The van der Waals surface area contributed by atoms with Gasteiger partial charge in [0.25, 0.3) is 0 Å². The molecule has 0 unspecified atom stereocenters. The number of rotatable bonds is 5. The van der Waals surface area contributed by atoms with E-state index in [9.17, 15) is 10.1 Å². The van der Waals surface area contributed by atoms with Gasteiger partial charge in [-0.3, -0.25) is 4.79 Å². The molecule has 0 fully saturated rings. The van der Waals surface area contributed by atoms with Crippen LogP contribution in [0.2, 0.25) is 0 Å². The monoisotopic (exact) mass is 275 g/mol. The highest BCUT2D eigenvalue weighted by Crippen LogP contribution is 2.26. The minimum atomic E-state index is -0.351. The van der Waals surface area contributed by atoms with Crippen molar-refractivity contribution in [3.05, 3.63) is 29.3 Å². The van der Waals surface area contributed by atoms with E-state index >= 15 is 0 Å². The summed E-state index contributed by atoms with van der Waals surface area (Å²) in [4.78, 5) is 11.1. The highest BCUT2D eigenvalue weighted by molar-refractivity contribution is 5.69. The molecule has 0 spiro atoms. The van der Waals surface area contributed by atoms with E-state index in [1.54, 1.807) is 6.07 Å². The molecule has 4 heteroatoms. The van der Waals surface area contributed by atoms with Crippen molar-refractivity contribution in [3.63, 3.8) is 0 Å². The first-order valence-electron chi connectivity index (χ1n) is 6.65. The third-order valence-electron chi connectivity index (χ3n) is 2.70. The second-order valence-corrected chi connectivity index (χ2v) is 5.55. The van der Waals surface area contributed by atoms with Crippen molar-refractivity contribution in [2.75, 3.05) is 7.11 Å². The summed E-state index contributed by atoms with van der Waals surface area (Å²) in [7, 11) is 1.38. The molecule has 0 aromatic heterocycles. The number of carbonyl (C=O) groups excluding carboxylic acids is 1. The Balaban J connectivity index is 2.84. The first-order chi connectivity index (χ1) is 9.37. The molecule has 0 heterocycles. The van der Waals surface area contributed by atoms with Gasteiger partial charge in [-0.1, -0.05) is 12.1 Å². The maximum atomic E-state index is 11.1. The molecule has 1 rings (SSSR count). The number of nitriles is 1. The molecule has 0 atom stereocenters. The van der Waals surface area contributed by atoms with Crippen LogP contribution in [0.3, 0.4) is 0 Å². The van der Waals surface area contributed by atoms with Gasteiger partial charge in [0, 0.05) is 6.42 Å². The number of benzene rings is 1. The Labute approximate surface area is 120 Å². The minimum Gasteiger partial charge on any atom is -0.487 e. The lowest BCUT2D eigenvalue weighted by atomic mass is 10.0. The number of aryl methyl sites for hydroxylation is 1. The molecule has 0 N–H and O–H groups in total. The molecule has 0 aliphatic carbocycles. The summed E-state index contributed by atoms with van der Waals surface area (Å²) in [6, 6.07) is 7.76. The van der Waals surface area contributed by atoms with Crippen LogP contribution in [0.5, 0.6) is 5.75 Å². The van der Waals surface area contributed by atoms with Crippen LogP contribution in [0.15, 0.2) is 18.2 Å². The predicted molar refractivity (Wildman–Crippen MR) is 76.5 cm³/mol. The van der Waals surface area contributed by atoms with Gasteiger partial charge in [-0.05, 0) is 45.2 Å². The molecule has 1 aromatic rings. The summed E-state index contributed by atoms with van der Waals surface area (Å²) >= 11 is 0. The van der Waals surface area contributed by atoms with Gasteiger partial charge in [0.15, 0.2) is 0 Å². The highest BCUT2D eigenvalue weighted by atomic mass is 16.5. The number of carbonyl (C=O) groups is 1. The molecule has 4 nitrogen and oxygen atoms in total. The van der Waals surface area contributed by atoms with Crippen molar-refractivity contribution in [2.45, 2.75) is 45.6 Å². The van der Waals surface area contributed by atoms with Crippen LogP contribution >= 0.6 is 0 Å². The molecule has 0 saturated heterocycles. The molecule has 0 amide bonds. The van der Waals surface area contributed by atoms with Gasteiger partial charge in [0.05, 0.1) is 12.7 Å². The number of hydrogen-bond acceptors (Lipinski definition) is 4. The quantitative estimate of drug-likeness (QED) is 0.774. The average molecular weight is 275 g/mol. The van der Waals surface area contributed by atoms with Crippen LogP contribution in [0.4, 0.5) is 0 Å². The van der Waals surface area contributed by atoms with E-state index in [4.69, 9.17) is 4.74 Å². The molecular formula is C16H21NO3. The van der Waals surface area contributed by atoms with E-state index < -0.39 is 0 Å². The van der Waals surface area contributed by atoms with Gasteiger partial charge in [-0.2, -0.15) is 5.26 Å². The number of methoxy groups -OCH3 is 1. The van der Waals surface area contributed by atoms with Crippen LogP contribution < -0.4 is 4.74 Å². The maximum absolute atomic E-state index is 11.1. The van der Waals surface area contributed by atoms with Crippen molar-refractivity contribution in [2.24, 2.45) is 0 Å². The fourth-order valence-electron chi connectivity index (χ4n) is 1.85. The Bertz CT molecular complexity index is 509.